The minimum absolute atomic E-state index is 0.0938. The monoisotopic (exact) mass is 685 g/mol. The van der Waals surface area contributed by atoms with Crippen LogP contribution in [0.5, 0.6) is 0 Å². The van der Waals surface area contributed by atoms with Crippen LogP contribution in [0.1, 0.15) is 54.1 Å². The molecule has 0 N–H and O–H groups in total. The van der Waals surface area contributed by atoms with Gasteiger partial charge in [-0.15, -0.1) is 0 Å². The molecule has 0 unspecified atom stereocenters. The molecule has 3 atom stereocenters. The number of carbonyl (C=O) groups excluding carboxylic acids is 4. The first kappa shape index (κ1) is 32.9. The quantitative estimate of drug-likeness (QED) is 0.104. The lowest BCUT2D eigenvalue weighted by molar-refractivity contribution is -0.0594. The first-order valence-corrected chi connectivity index (χ1v) is 15.9. The number of anilines is 1. The average molecular weight is 686 g/mol. The van der Waals surface area contributed by atoms with Gasteiger partial charge < -0.3 is 14.2 Å². The number of fused-ring (bicyclic) bond motifs is 1. The van der Waals surface area contributed by atoms with Crippen LogP contribution in [0.15, 0.2) is 128 Å². The molecule has 0 bridgehead atoms. The fraction of sp³-hybridized carbons (Fsp3) is 0.132. The number of hydrogen-bond acceptors (Lipinski definition) is 10. The first-order valence-electron chi connectivity index (χ1n) is 15.9. The minimum Gasteiger partial charge on any atom is -0.459 e. The Kier molecular flexibility index (Phi) is 9.35. The average Bonchev–Trinajstić information content (AvgIpc) is 3.78. The van der Waals surface area contributed by atoms with Crippen molar-refractivity contribution in [1.82, 2.24) is 19.5 Å². The van der Waals surface area contributed by atoms with E-state index in [0.29, 0.717) is 5.56 Å². The molecule has 13 heteroatoms. The third-order valence-corrected chi connectivity index (χ3v) is 8.13. The fourth-order valence-electron chi connectivity index (χ4n) is 5.70. The number of ether oxygens (including phenoxy) is 3. The SMILES string of the molecule is O=C(OC[C@@H]1C[C@@H](OC(=O)c2ccccc2)[C@H](n2cnc3c(N(C(=O)c4ccccc4)C(=O)c4ccccc4)nc(F)nc32)O1)c1ccccc1. The van der Waals surface area contributed by atoms with Gasteiger partial charge in [-0.05, 0) is 48.5 Å². The molecule has 7 rings (SSSR count). The number of imidazole rings is 1. The summed E-state index contributed by atoms with van der Waals surface area (Å²) in [7, 11) is 0. The van der Waals surface area contributed by atoms with E-state index in [1.807, 2.05) is 0 Å². The predicted molar refractivity (Wildman–Crippen MR) is 180 cm³/mol. The maximum absolute atomic E-state index is 15.4. The van der Waals surface area contributed by atoms with E-state index in [1.165, 1.54) is 35.2 Å². The fourth-order valence-corrected chi connectivity index (χ4v) is 5.70. The number of aromatic nitrogens is 4. The Bertz CT molecular complexity index is 2150. The second-order valence-corrected chi connectivity index (χ2v) is 11.5. The van der Waals surface area contributed by atoms with E-state index in [-0.39, 0.29) is 40.9 Å². The zero-order chi connectivity index (χ0) is 35.3. The van der Waals surface area contributed by atoms with Gasteiger partial charge >= 0.3 is 18.0 Å². The summed E-state index contributed by atoms with van der Waals surface area (Å²) in [6.07, 6.45) is -2.76. The van der Waals surface area contributed by atoms with Gasteiger partial charge in [-0.3, -0.25) is 14.2 Å². The van der Waals surface area contributed by atoms with E-state index in [2.05, 4.69) is 15.0 Å². The molecule has 2 amide bonds. The van der Waals surface area contributed by atoms with Crippen molar-refractivity contribution in [3.8, 4) is 0 Å². The van der Waals surface area contributed by atoms with Crippen LogP contribution in [0.3, 0.4) is 0 Å². The van der Waals surface area contributed by atoms with Crippen LogP contribution < -0.4 is 4.90 Å². The zero-order valence-corrected chi connectivity index (χ0v) is 26.7. The molecule has 1 saturated heterocycles. The summed E-state index contributed by atoms with van der Waals surface area (Å²) in [6, 6.07) is 32.8. The Labute approximate surface area is 290 Å². The van der Waals surface area contributed by atoms with Gasteiger partial charge in [0.05, 0.1) is 23.6 Å². The summed E-state index contributed by atoms with van der Waals surface area (Å²) in [5.41, 5.74) is 0.689. The molecule has 1 fully saturated rings. The van der Waals surface area contributed by atoms with Crippen LogP contribution in [-0.4, -0.2) is 62.1 Å². The van der Waals surface area contributed by atoms with E-state index in [0.717, 1.165) is 4.90 Å². The van der Waals surface area contributed by atoms with E-state index in [1.54, 1.807) is 97.1 Å². The van der Waals surface area contributed by atoms with Crippen molar-refractivity contribution in [2.24, 2.45) is 0 Å². The van der Waals surface area contributed by atoms with Crippen LogP contribution >= 0.6 is 0 Å². The molecule has 51 heavy (non-hydrogen) atoms. The minimum atomic E-state index is -1.25. The molecule has 3 heterocycles. The number of halogens is 1. The zero-order valence-electron chi connectivity index (χ0n) is 26.7. The molecular weight excluding hydrogens is 657 g/mol. The van der Waals surface area contributed by atoms with E-state index >= 15 is 4.39 Å². The highest BCUT2D eigenvalue weighted by Crippen LogP contribution is 2.36. The highest BCUT2D eigenvalue weighted by molar-refractivity contribution is 6.27. The van der Waals surface area contributed by atoms with Crippen molar-refractivity contribution in [3.63, 3.8) is 0 Å². The predicted octanol–water partition coefficient (Wildman–Crippen LogP) is 5.82. The lowest BCUT2D eigenvalue weighted by Gasteiger charge is -2.22. The summed E-state index contributed by atoms with van der Waals surface area (Å²) in [5, 5.41) is 0. The Morgan fingerprint density at radius 1 is 0.725 bits per heavy atom. The van der Waals surface area contributed by atoms with Gasteiger partial charge in [0, 0.05) is 17.5 Å². The molecule has 0 aliphatic carbocycles. The van der Waals surface area contributed by atoms with Gasteiger partial charge in [0.25, 0.3) is 11.8 Å². The summed E-state index contributed by atoms with van der Waals surface area (Å²) >= 11 is 0. The van der Waals surface area contributed by atoms with Gasteiger partial charge in [-0.1, -0.05) is 72.8 Å². The third-order valence-electron chi connectivity index (χ3n) is 8.13. The number of carbonyl (C=O) groups is 4. The number of benzene rings is 4. The van der Waals surface area contributed by atoms with Gasteiger partial charge in [0.15, 0.2) is 23.2 Å². The summed E-state index contributed by atoms with van der Waals surface area (Å²) in [5.74, 6) is -3.16. The van der Waals surface area contributed by atoms with Crippen molar-refractivity contribution in [3.05, 3.63) is 156 Å². The van der Waals surface area contributed by atoms with Crippen LogP contribution in [0, 0.1) is 6.08 Å². The standard InChI is InChI=1S/C38H28FN5O7/c39-38-41-31-30(32(42-38)44(33(45)24-13-5-1-6-14-24)34(46)25-15-7-2-8-16-25)40-23-43(31)35-29(51-37(48)27-19-11-4-12-20-27)21-28(50-35)22-49-36(47)26-17-9-3-10-18-26/h1-20,23,28-29,35H,21-22H2/t28-,29+,35+/m0/s1. The molecular formula is C38H28FN5O7. The Balaban J connectivity index is 1.26. The number of rotatable bonds is 9. The van der Waals surface area contributed by atoms with Crippen molar-refractivity contribution in [1.29, 1.82) is 0 Å². The van der Waals surface area contributed by atoms with Crippen molar-refractivity contribution in [2.75, 3.05) is 11.5 Å². The largest absolute Gasteiger partial charge is 0.459 e. The smallest absolute Gasteiger partial charge is 0.338 e. The Morgan fingerprint density at radius 2 is 1.24 bits per heavy atom. The molecule has 6 aromatic rings. The van der Waals surface area contributed by atoms with Gasteiger partial charge in [0.2, 0.25) is 0 Å². The number of imide groups is 1. The second kappa shape index (κ2) is 14.5. The van der Waals surface area contributed by atoms with Crippen molar-refractivity contribution in [2.45, 2.75) is 24.9 Å². The normalized spacial score (nSPS) is 16.8. The van der Waals surface area contributed by atoms with Crippen LogP contribution in [0.2, 0.25) is 0 Å². The number of nitrogens with zero attached hydrogens (tertiary/aromatic N) is 5. The highest BCUT2D eigenvalue weighted by Gasteiger charge is 2.42. The molecule has 4 aromatic carbocycles. The molecule has 0 spiro atoms. The Hall–Kier alpha value is -6.60. The van der Waals surface area contributed by atoms with Crippen molar-refractivity contribution >= 4 is 40.7 Å². The number of amides is 2. The first-order chi connectivity index (χ1) is 24.9. The third kappa shape index (κ3) is 6.96. The topological polar surface area (TPSA) is 143 Å². The number of esters is 2. The van der Waals surface area contributed by atoms with Crippen LogP contribution in [0.4, 0.5) is 10.2 Å². The van der Waals surface area contributed by atoms with Gasteiger partial charge in [-0.2, -0.15) is 14.4 Å². The molecule has 2 aromatic heterocycles. The highest BCUT2D eigenvalue weighted by atomic mass is 19.1. The van der Waals surface area contributed by atoms with Gasteiger partial charge in [0.1, 0.15) is 12.7 Å². The summed E-state index contributed by atoms with van der Waals surface area (Å²) in [4.78, 5) is 66.7. The molecule has 1 aliphatic heterocycles. The number of hydrogen-bond donors (Lipinski definition) is 0. The van der Waals surface area contributed by atoms with E-state index in [9.17, 15) is 19.2 Å². The molecule has 12 nitrogen and oxygen atoms in total. The van der Waals surface area contributed by atoms with E-state index in [4.69, 9.17) is 14.2 Å². The van der Waals surface area contributed by atoms with Crippen molar-refractivity contribution < 1.29 is 37.8 Å². The Morgan fingerprint density at radius 3 is 1.78 bits per heavy atom. The lowest BCUT2D eigenvalue weighted by atomic mass is 10.1. The van der Waals surface area contributed by atoms with Crippen LogP contribution in [-0.2, 0) is 14.2 Å². The maximum atomic E-state index is 15.4. The summed E-state index contributed by atoms with van der Waals surface area (Å²) in [6.45, 7) is -0.185. The molecule has 1 aliphatic rings. The van der Waals surface area contributed by atoms with E-state index < -0.39 is 54.1 Å². The molecule has 0 saturated carbocycles. The van der Waals surface area contributed by atoms with Crippen LogP contribution in [0.25, 0.3) is 11.2 Å². The molecule has 254 valence electrons. The maximum Gasteiger partial charge on any atom is 0.338 e. The second-order valence-electron chi connectivity index (χ2n) is 11.5. The molecule has 0 radical (unpaired) electrons. The summed E-state index contributed by atoms with van der Waals surface area (Å²) < 4.78 is 34.4. The lowest BCUT2D eigenvalue weighted by Crippen LogP contribution is -2.38. The van der Waals surface area contributed by atoms with Gasteiger partial charge in [-0.25, -0.2) is 19.5 Å².